The summed E-state index contributed by atoms with van der Waals surface area (Å²) in [6.07, 6.45) is 5.79. The fourth-order valence-electron chi connectivity index (χ4n) is 2.67. The molecule has 0 atom stereocenters. The highest BCUT2D eigenvalue weighted by Crippen LogP contribution is 2.28. The van der Waals surface area contributed by atoms with Crippen molar-refractivity contribution in [3.8, 4) is 0 Å². The van der Waals surface area contributed by atoms with Gasteiger partial charge in [-0.25, -0.2) is 4.98 Å². The Bertz CT molecular complexity index is 712. The smallest absolute Gasteiger partial charge is 0.258 e. The Kier molecular flexibility index (Phi) is 4.76. The second-order valence-electron chi connectivity index (χ2n) is 5.79. The first-order chi connectivity index (χ1) is 10.7. The molecule has 6 heteroatoms. The molecule has 2 aromatic rings. The van der Waals surface area contributed by atoms with Crippen molar-refractivity contribution in [1.29, 1.82) is 0 Å². The van der Waals surface area contributed by atoms with Gasteiger partial charge < -0.3 is 5.11 Å². The van der Waals surface area contributed by atoms with Gasteiger partial charge in [0.1, 0.15) is 5.65 Å². The summed E-state index contributed by atoms with van der Waals surface area (Å²) in [7, 11) is 0. The molecule has 0 spiro atoms. The van der Waals surface area contributed by atoms with Crippen LogP contribution in [0.25, 0.3) is 5.65 Å². The summed E-state index contributed by atoms with van der Waals surface area (Å²) in [6.45, 7) is 1.85. The van der Waals surface area contributed by atoms with Gasteiger partial charge in [-0.1, -0.05) is 11.6 Å². The van der Waals surface area contributed by atoms with Crippen LogP contribution >= 0.6 is 11.6 Å². The minimum Gasteiger partial charge on any atom is -0.396 e. The number of aliphatic hydroxyl groups is 1. The summed E-state index contributed by atoms with van der Waals surface area (Å²) in [4.78, 5) is 19.1. The van der Waals surface area contributed by atoms with Crippen LogP contribution in [0, 0.1) is 0 Å². The number of unbranched alkanes of at least 4 members (excludes halogenated alkanes) is 1. The average Bonchev–Trinajstić information content (AvgIpc) is 3.32. The van der Waals surface area contributed by atoms with E-state index >= 15 is 0 Å². The maximum absolute atomic E-state index is 12.2. The van der Waals surface area contributed by atoms with E-state index in [2.05, 4.69) is 9.88 Å². The number of fused-ring (bicyclic) bond motifs is 1. The van der Waals surface area contributed by atoms with Crippen LogP contribution in [0.1, 0.15) is 31.4 Å². The molecule has 3 rings (SSSR count). The Morgan fingerprint density at radius 3 is 2.91 bits per heavy atom. The normalized spacial score (nSPS) is 14.9. The van der Waals surface area contributed by atoms with Gasteiger partial charge in [0, 0.05) is 31.5 Å². The Hall–Kier alpha value is -1.43. The van der Waals surface area contributed by atoms with Crippen molar-refractivity contribution in [2.75, 3.05) is 13.2 Å². The lowest BCUT2D eigenvalue weighted by atomic mass is 10.2. The number of aliphatic hydroxyl groups excluding tert-OH is 1. The van der Waals surface area contributed by atoms with E-state index in [9.17, 15) is 4.79 Å². The van der Waals surface area contributed by atoms with Gasteiger partial charge in [0.15, 0.2) is 0 Å². The zero-order chi connectivity index (χ0) is 15.5. The van der Waals surface area contributed by atoms with Gasteiger partial charge in [0.25, 0.3) is 5.56 Å². The third-order valence-corrected chi connectivity index (χ3v) is 4.18. The van der Waals surface area contributed by atoms with E-state index in [0.29, 0.717) is 23.3 Å². The lowest BCUT2D eigenvalue weighted by Gasteiger charge is -2.21. The summed E-state index contributed by atoms with van der Waals surface area (Å²) < 4.78 is 1.47. The van der Waals surface area contributed by atoms with Crippen LogP contribution < -0.4 is 5.56 Å². The molecule has 1 aliphatic carbocycles. The van der Waals surface area contributed by atoms with Gasteiger partial charge in [-0.2, -0.15) is 0 Å². The standard InChI is InChI=1S/C16H20ClN3O2/c17-12-3-6-15-18-13(9-16(22)20(15)10-12)11-19(14-4-5-14)7-1-2-8-21/h3,6,9-10,14,21H,1-2,4-5,7-8,11H2. The average molecular weight is 322 g/mol. The number of aromatic nitrogens is 2. The second-order valence-corrected chi connectivity index (χ2v) is 6.23. The first-order valence-corrected chi connectivity index (χ1v) is 8.08. The molecule has 1 N–H and O–H groups in total. The minimum absolute atomic E-state index is 0.103. The summed E-state index contributed by atoms with van der Waals surface area (Å²) in [5.41, 5.74) is 1.31. The highest BCUT2D eigenvalue weighted by Gasteiger charge is 2.28. The topological polar surface area (TPSA) is 57.8 Å². The summed E-state index contributed by atoms with van der Waals surface area (Å²) >= 11 is 5.92. The third kappa shape index (κ3) is 3.66. The maximum atomic E-state index is 12.2. The quantitative estimate of drug-likeness (QED) is 0.793. The zero-order valence-electron chi connectivity index (χ0n) is 12.4. The first kappa shape index (κ1) is 15.5. The number of halogens is 1. The van der Waals surface area contributed by atoms with Gasteiger partial charge in [-0.15, -0.1) is 0 Å². The largest absolute Gasteiger partial charge is 0.396 e. The molecule has 2 aromatic heterocycles. The molecule has 22 heavy (non-hydrogen) atoms. The van der Waals surface area contributed by atoms with Crippen molar-refractivity contribution in [3.05, 3.63) is 45.5 Å². The number of nitrogens with zero attached hydrogens (tertiary/aromatic N) is 3. The van der Waals surface area contributed by atoms with Crippen molar-refractivity contribution >= 4 is 17.2 Å². The van der Waals surface area contributed by atoms with E-state index in [4.69, 9.17) is 16.7 Å². The predicted octanol–water partition coefficient (Wildman–Crippen LogP) is 2.08. The molecule has 5 nitrogen and oxygen atoms in total. The van der Waals surface area contributed by atoms with E-state index in [1.807, 2.05) is 0 Å². The van der Waals surface area contributed by atoms with Crippen molar-refractivity contribution in [2.45, 2.75) is 38.3 Å². The Morgan fingerprint density at radius 1 is 1.36 bits per heavy atom. The van der Waals surface area contributed by atoms with Crippen LogP contribution in [0.3, 0.4) is 0 Å². The summed E-state index contributed by atoms with van der Waals surface area (Å²) in [6, 6.07) is 5.70. The van der Waals surface area contributed by atoms with Gasteiger partial charge in [-0.05, 0) is 44.4 Å². The van der Waals surface area contributed by atoms with E-state index < -0.39 is 0 Å². The third-order valence-electron chi connectivity index (χ3n) is 3.96. The fourth-order valence-corrected chi connectivity index (χ4v) is 2.83. The molecular formula is C16H20ClN3O2. The molecule has 0 radical (unpaired) electrons. The zero-order valence-corrected chi connectivity index (χ0v) is 13.2. The second kappa shape index (κ2) is 6.77. The first-order valence-electron chi connectivity index (χ1n) is 7.70. The minimum atomic E-state index is -0.103. The van der Waals surface area contributed by atoms with Gasteiger partial charge in [0.2, 0.25) is 0 Å². The van der Waals surface area contributed by atoms with E-state index in [0.717, 1.165) is 25.1 Å². The molecule has 1 saturated carbocycles. The Labute approximate surface area is 134 Å². The molecule has 0 amide bonds. The van der Waals surface area contributed by atoms with Gasteiger partial charge >= 0.3 is 0 Å². The van der Waals surface area contributed by atoms with Crippen LogP contribution in [0.4, 0.5) is 0 Å². The molecule has 0 saturated heterocycles. The molecule has 0 bridgehead atoms. The summed E-state index contributed by atoms with van der Waals surface area (Å²) in [5, 5.41) is 9.44. The lowest BCUT2D eigenvalue weighted by molar-refractivity contribution is 0.227. The Morgan fingerprint density at radius 2 is 2.18 bits per heavy atom. The molecule has 2 heterocycles. The number of pyridine rings is 1. The van der Waals surface area contributed by atoms with Crippen LogP contribution in [-0.4, -0.2) is 38.6 Å². The SMILES string of the molecule is O=c1cc(CN(CCCCO)C2CC2)nc2ccc(Cl)cn12. The predicted molar refractivity (Wildman–Crippen MR) is 86.2 cm³/mol. The van der Waals surface area contributed by atoms with Crippen LogP contribution in [-0.2, 0) is 6.54 Å². The highest BCUT2D eigenvalue weighted by molar-refractivity contribution is 6.30. The molecule has 0 aromatic carbocycles. The van der Waals surface area contributed by atoms with Gasteiger partial charge in [-0.3, -0.25) is 14.1 Å². The number of hydrogen-bond acceptors (Lipinski definition) is 4. The van der Waals surface area contributed by atoms with Crippen molar-refractivity contribution in [3.63, 3.8) is 0 Å². The highest BCUT2D eigenvalue weighted by atomic mass is 35.5. The molecule has 0 unspecified atom stereocenters. The lowest BCUT2D eigenvalue weighted by Crippen LogP contribution is -2.28. The van der Waals surface area contributed by atoms with E-state index in [1.54, 1.807) is 24.4 Å². The van der Waals surface area contributed by atoms with Crippen LogP contribution in [0.2, 0.25) is 5.02 Å². The van der Waals surface area contributed by atoms with Crippen molar-refractivity contribution < 1.29 is 5.11 Å². The molecule has 0 aliphatic heterocycles. The monoisotopic (exact) mass is 321 g/mol. The summed E-state index contributed by atoms with van der Waals surface area (Å²) in [5.74, 6) is 0. The van der Waals surface area contributed by atoms with Crippen molar-refractivity contribution in [1.82, 2.24) is 14.3 Å². The molecule has 118 valence electrons. The van der Waals surface area contributed by atoms with E-state index in [-0.39, 0.29) is 12.2 Å². The maximum Gasteiger partial charge on any atom is 0.258 e. The fraction of sp³-hybridized carbons (Fsp3) is 0.500. The van der Waals surface area contributed by atoms with E-state index in [1.165, 1.54) is 17.2 Å². The molecular weight excluding hydrogens is 302 g/mol. The van der Waals surface area contributed by atoms with Crippen LogP contribution in [0.15, 0.2) is 29.2 Å². The van der Waals surface area contributed by atoms with Crippen molar-refractivity contribution in [2.24, 2.45) is 0 Å². The van der Waals surface area contributed by atoms with Crippen LogP contribution in [0.5, 0.6) is 0 Å². The Balaban J connectivity index is 1.80. The number of rotatable bonds is 7. The molecule has 1 fully saturated rings. The van der Waals surface area contributed by atoms with Gasteiger partial charge in [0.05, 0.1) is 10.7 Å². The molecule has 1 aliphatic rings. The number of hydrogen-bond donors (Lipinski definition) is 1.